The molecule has 1 atom stereocenters. The van der Waals surface area contributed by atoms with Crippen molar-refractivity contribution in [1.82, 2.24) is 0 Å². The van der Waals surface area contributed by atoms with Crippen LogP contribution in [-0.2, 0) is 14.6 Å². The minimum atomic E-state index is -3.22. The van der Waals surface area contributed by atoms with E-state index in [4.69, 9.17) is 0 Å². The van der Waals surface area contributed by atoms with Crippen LogP contribution < -0.4 is 10.8 Å². The van der Waals surface area contributed by atoms with Gasteiger partial charge in [-0.25, -0.2) is 8.42 Å². The van der Waals surface area contributed by atoms with Crippen molar-refractivity contribution < 1.29 is 24.1 Å². The van der Waals surface area contributed by atoms with Crippen molar-refractivity contribution in [2.75, 3.05) is 6.26 Å². The molecule has 0 aromatic heterocycles. The number of quaternary nitrogens is 1. The third-order valence-corrected chi connectivity index (χ3v) is 3.32. The molecule has 0 amide bonds. The molecule has 1 rings (SSSR count). The third-order valence-electron chi connectivity index (χ3n) is 2.19. The number of benzene rings is 1. The molecule has 88 valence electrons. The standard InChI is InChI=1S/C10H13NO4S/c1-16(14,15)8-4-2-7(3-5-8)9(11)6-10(12)13/h2-5,9H,6,11H2,1H3,(H,12,13)/t9-/m0/s1. The zero-order valence-electron chi connectivity index (χ0n) is 8.84. The van der Waals surface area contributed by atoms with Crippen molar-refractivity contribution in [3.8, 4) is 0 Å². The van der Waals surface area contributed by atoms with E-state index in [-0.39, 0.29) is 11.3 Å². The van der Waals surface area contributed by atoms with Crippen LogP contribution in [0, 0.1) is 0 Å². The summed E-state index contributed by atoms with van der Waals surface area (Å²) >= 11 is 0. The summed E-state index contributed by atoms with van der Waals surface area (Å²) in [5.41, 5.74) is 4.35. The van der Waals surface area contributed by atoms with Gasteiger partial charge < -0.3 is 15.6 Å². The van der Waals surface area contributed by atoms with Crippen LogP contribution in [0.15, 0.2) is 29.2 Å². The molecule has 6 heteroatoms. The maximum Gasteiger partial charge on any atom is 0.175 e. The summed E-state index contributed by atoms with van der Waals surface area (Å²) < 4.78 is 22.3. The molecule has 0 bridgehead atoms. The summed E-state index contributed by atoms with van der Waals surface area (Å²) in [6.45, 7) is 0. The fraction of sp³-hybridized carbons (Fsp3) is 0.300. The SMILES string of the molecule is CS(=O)(=O)c1ccc([C@@H]([NH3+])CC(=O)[O-])cc1. The van der Waals surface area contributed by atoms with Crippen LogP contribution in [0.4, 0.5) is 0 Å². The third kappa shape index (κ3) is 3.32. The Kier molecular flexibility index (Phi) is 3.66. The van der Waals surface area contributed by atoms with Crippen LogP contribution in [0.5, 0.6) is 0 Å². The lowest BCUT2D eigenvalue weighted by Crippen LogP contribution is -2.55. The van der Waals surface area contributed by atoms with Crippen molar-refractivity contribution in [3.05, 3.63) is 29.8 Å². The van der Waals surface area contributed by atoms with Gasteiger partial charge in [-0.15, -0.1) is 0 Å². The number of carbonyl (C=O) groups is 1. The van der Waals surface area contributed by atoms with E-state index in [1.165, 1.54) is 12.1 Å². The first kappa shape index (κ1) is 12.7. The van der Waals surface area contributed by atoms with Gasteiger partial charge in [-0.3, -0.25) is 0 Å². The highest BCUT2D eigenvalue weighted by Gasteiger charge is 2.12. The minimum Gasteiger partial charge on any atom is -0.550 e. The van der Waals surface area contributed by atoms with Crippen molar-refractivity contribution in [1.29, 1.82) is 0 Å². The van der Waals surface area contributed by atoms with Gasteiger partial charge in [0.1, 0.15) is 6.04 Å². The van der Waals surface area contributed by atoms with Crippen molar-refractivity contribution in [2.45, 2.75) is 17.4 Å². The second kappa shape index (κ2) is 4.63. The first-order valence-corrected chi connectivity index (χ1v) is 6.53. The van der Waals surface area contributed by atoms with Crippen molar-refractivity contribution in [2.24, 2.45) is 0 Å². The van der Waals surface area contributed by atoms with Gasteiger partial charge in [0.25, 0.3) is 0 Å². The van der Waals surface area contributed by atoms with Gasteiger partial charge in [0, 0.05) is 24.2 Å². The molecule has 1 aromatic rings. The fourth-order valence-corrected chi connectivity index (χ4v) is 1.94. The smallest absolute Gasteiger partial charge is 0.175 e. The Morgan fingerprint density at radius 3 is 2.25 bits per heavy atom. The summed E-state index contributed by atoms with van der Waals surface area (Å²) in [5.74, 6) is -1.17. The zero-order valence-corrected chi connectivity index (χ0v) is 9.66. The number of aliphatic carboxylic acids is 1. The van der Waals surface area contributed by atoms with Gasteiger partial charge in [0.15, 0.2) is 9.84 Å². The number of carbonyl (C=O) groups excluding carboxylic acids is 1. The normalized spacial score (nSPS) is 13.4. The molecule has 0 radical (unpaired) electrons. The molecule has 1 aromatic carbocycles. The Hall–Kier alpha value is -1.40. The Morgan fingerprint density at radius 1 is 1.38 bits per heavy atom. The first-order valence-electron chi connectivity index (χ1n) is 4.63. The van der Waals surface area contributed by atoms with Crippen LogP contribution in [0.3, 0.4) is 0 Å². The number of carboxylic acid groups (broad SMARTS) is 1. The Morgan fingerprint density at radius 2 is 1.88 bits per heavy atom. The van der Waals surface area contributed by atoms with Gasteiger partial charge in [-0.1, -0.05) is 12.1 Å². The van der Waals surface area contributed by atoms with Crippen LogP contribution >= 0.6 is 0 Å². The summed E-state index contributed by atoms with van der Waals surface area (Å²) in [6, 6.07) is 5.59. The van der Waals surface area contributed by atoms with Crippen LogP contribution in [0.1, 0.15) is 18.0 Å². The zero-order chi connectivity index (χ0) is 12.3. The first-order chi connectivity index (χ1) is 7.30. The van der Waals surface area contributed by atoms with Gasteiger partial charge in [0.05, 0.1) is 4.90 Å². The highest BCUT2D eigenvalue weighted by Crippen LogP contribution is 2.15. The molecule has 0 aliphatic rings. The van der Waals surface area contributed by atoms with Gasteiger partial charge in [-0.2, -0.15) is 0 Å². The van der Waals surface area contributed by atoms with Gasteiger partial charge in [0.2, 0.25) is 0 Å². The maximum absolute atomic E-state index is 11.2. The largest absolute Gasteiger partial charge is 0.550 e. The molecule has 0 unspecified atom stereocenters. The van der Waals surface area contributed by atoms with E-state index in [1.54, 1.807) is 12.1 Å². The van der Waals surface area contributed by atoms with E-state index in [1.807, 2.05) is 0 Å². The average Bonchev–Trinajstić information content (AvgIpc) is 2.15. The highest BCUT2D eigenvalue weighted by molar-refractivity contribution is 7.90. The maximum atomic E-state index is 11.2. The number of hydrogen-bond acceptors (Lipinski definition) is 4. The number of sulfone groups is 1. The van der Waals surface area contributed by atoms with Crippen molar-refractivity contribution in [3.63, 3.8) is 0 Å². The molecule has 16 heavy (non-hydrogen) atoms. The quantitative estimate of drug-likeness (QED) is 0.696. The molecule has 3 N–H and O–H groups in total. The lowest BCUT2D eigenvalue weighted by molar-refractivity contribution is -0.430. The van der Waals surface area contributed by atoms with Crippen LogP contribution in [0.2, 0.25) is 0 Å². The Balaban J connectivity index is 2.91. The molecule has 0 saturated carbocycles. The Bertz CT molecular complexity index is 478. The van der Waals surface area contributed by atoms with E-state index in [9.17, 15) is 18.3 Å². The molecular formula is C10H13NO4S. The number of carboxylic acids is 1. The molecule has 5 nitrogen and oxygen atoms in total. The minimum absolute atomic E-state index is 0.182. The second-order valence-corrected chi connectivity index (χ2v) is 5.63. The van der Waals surface area contributed by atoms with Crippen molar-refractivity contribution >= 4 is 15.8 Å². The molecule has 0 saturated heterocycles. The number of rotatable bonds is 4. The lowest BCUT2D eigenvalue weighted by atomic mass is 10.1. The Labute approximate surface area is 93.8 Å². The summed E-state index contributed by atoms with van der Waals surface area (Å²) in [7, 11) is -3.22. The number of hydrogen-bond donors (Lipinski definition) is 1. The molecule has 0 aliphatic carbocycles. The summed E-state index contributed by atoms with van der Waals surface area (Å²) in [6.07, 6.45) is 0.934. The van der Waals surface area contributed by atoms with E-state index in [0.29, 0.717) is 5.56 Å². The summed E-state index contributed by atoms with van der Waals surface area (Å²) in [5, 5.41) is 10.4. The fourth-order valence-electron chi connectivity index (χ4n) is 1.31. The lowest BCUT2D eigenvalue weighted by Gasteiger charge is -2.09. The average molecular weight is 243 g/mol. The van der Waals surface area contributed by atoms with Gasteiger partial charge in [-0.05, 0) is 12.1 Å². The van der Waals surface area contributed by atoms with E-state index < -0.39 is 21.8 Å². The molecule has 0 fully saturated rings. The van der Waals surface area contributed by atoms with E-state index in [0.717, 1.165) is 6.26 Å². The molecule has 0 spiro atoms. The molecular weight excluding hydrogens is 230 g/mol. The highest BCUT2D eigenvalue weighted by atomic mass is 32.2. The molecule has 0 aliphatic heterocycles. The summed E-state index contributed by atoms with van der Waals surface area (Å²) in [4.78, 5) is 10.6. The van der Waals surface area contributed by atoms with E-state index >= 15 is 0 Å². The van der Waals surface area contributed by atoms with Crippen LogP contribution in [-0.4, -0.2) is 20.6 Å². The topological polar surface area (TPSA) is 102 Å². The second-order valence-electron chi connectivity index (χ2n) is 3.61. The predicted octanol–water partition coefficient (Wildman–Crippen LogP) is -1.49. The van der Waals surface area contributed by atoms with Gasteiger partial charge >= 0.3 is 0 Å². The van der Waals surface area contributed by atoms with E-state index in [2.05, 4.69) is 5.73 Å². The van der Waals surface area contributed by atoms with Crippen LogP contribution in [0.25, 0.3) is 0 Å². The monoisotopic (exact) mass is 243 g/mol. The predicted molar refractivity (Wildman–Crippen MR) is 54.8 cm³/mol. The molecule has 0 heterocycles.